The third-order valence-corrected chi connectivity index (χ3v) is 5.81. The molecule has 0 aliphatic heterocycles. The van der Waals surface area contributed by atoms with Crippen LogP contribution in [0.25, 0.3) is 5.82 Å². The monoisotopic (exact) mass is 403 g/mol. The van der Waals surface area contributed by atoms with Gasteiger partial charge in [-0.1, -0.05) is 6.07 Å². The molecule has 2 N–H and O–H groups in total. The topological polar surface area (TPSA) is 155 Å². The highest BCUT2D eigenvalue weighted by Gasteiger charge is 2.29. The third kappa shape index (κ3) is 3.75. The van der Waals surface area contributed by atoms with Gasteiger partial charge in [-0.3, -0.25) is 0 Å². The number of carbonyl (C=O) groups excluding carboxylic acids is 1. The number of sulfonamides is 2. The summed E-state index contributed by atoms with van der Waals surface area (Å²) in [7, 11) is -5.61. The molecule has 0 fully saturated rings. The van der Waals surface area contributed by atoms with Gasteiger partial charge in [0.15, 0.2) is 15.9 Å². The van der Waals surface area contributed by atoms with Crippen molar-refractivity contribution in [1.82, 2.24) is 19.1 Å². The Hall–Kier alpha value is -2.35. The van der Waals surface area contributed by atoms with E-state index in [4.69, 9.17) is 9.88 Å². The van der Waals surface area contributed by atoms with Crippen molar-refractivity contribution in [3.63, 3.8) is 0 Å². The van der Waals surface area contributed by atoms with Gasteiger partial charge < -0.3 is 4.74 Å². The molecule has 0 aliphatic carbocycles. The smallest absolute Gasteiger partial charge is 0.342 e. The summed E-state index contributed by atoms with van der Waals surface area (Å²) >= 11 is 0. The van der Waals surface area contributed by atoms with Crippen molar-refractivity contribution in [2.24, 2.45) is 5.14 Å². The first-order chi connectivity index (χ1) is 12.0. The molecule has 2 aromatic rings. The summed E-state index contributed by atoms with van der Waals surface area (Å²) in [5.41, 5.74) is -0.378. The first-order valence-corrected chi connectivity index (χ1v) is 10.2. The van der Waals surface area contributed by atoms with E-state index in [1.165, 1.54) is 32.3 Å². The molecule has 0 aromatic carbocycles. The minimum atomic E-state index is -4.40. The molecule has 26 heavy (non-hydrogen) atoms. The van der Waals surface area contributed by atoms with E-state index >= 15 is 0 Å². The van der Waals surface area contributed by atoms with Crippen LogP contribution in [0.3, 0.4) is 0 Å². The first-order valence-electron chi connectivity index (χ1n) is 7.18. The van der Waals surface area contributed by atoms with Gasteiger partial charge in [0.05, 0.1) is 12.8 Å². The van der Waals surface area contributed by atoms with Crippen molar-refractivity contribution in [3.8, 4) is 5.82 Å². The number of nitrogens with zero attached hydrogens (tertiary/aromatic N) is 4. The maximum absolute atomic E-state index is 12.2. The number of ether oxygens (including phenoxy) is 1. The van der Waals surface area contributed by atoms with Crippen LogP contribution in [0.4, 0.5) is 0 Å². The summed E-state index contributed by atoms with van der Waals surface area (Å²) in [6, 6.07) is 3.92. The van der Waals surface area contributed by atoms with E-state index in [-0.39, 0.29) is 23.0 Å². The maximum Gasteiger partial charge on any atom is 0.342 e. The van der Waals surface area contributed by atoms with E-state index in [1.807, 2.05) is 0 Å². The van der Waals surface area contributed by atoms with Gasteiger partial charge in [0.1, 0.15) is 5.56 Å². The molecular formula is C13H17N5O6S2. The van der Waals surface area contributed by atoms with Crippen LogP contribution in [0.5, 0.6) is 0 Å². The lowest BCUT2D eigenvalue weighted by Crippen LogP contribution is -2.24. The fraction of sp³-hybridized carbons (Fsp3) is 0.308. The predicted molar refractivity (Wildman–Crippen MR) is 89.6 cm³/mol. The van der Waals surface area contributed by atoms with E-state index in [0.717, 1.165) is 15.2 Å². The minimum absolute atomic E-state index is 0.0168. The van der Waals surface area contributed by atoms with Gasteiger partial charge in [0.2, 0.25) is 0 Å². The number of hydrogen-bond acceptors (Lipinski definition) is 8. The molecule has 0 radical (unpaired) electrons. The van der Waals surface area contributed by atoms with Gasteiger partial charge in [0.25, 0.3) is 20.0 Å². The number of nitrogens with two attached hydrogens (primary N) is 1. The van der Waals surface area contributed by atoms with Crippen LogP contribution in [-0.2, 0) is 24.8 Å². The summed E-state index contributed by atoms with van der Waals surface area (Å²) in [5.74, 6) is -1.08. The summed E-state index contributed by atoms with van der Waals surface area (Å²) in [6.07, 6.45) is 0.965. The van der Waals surface area contributed by atoms with Crippen molar-refractivity contribution in [3.05, 3.63) is 30.0 Å². The maximum atomic E-state index is 12.2. The molecule has 0 saturated heterocycles. The zero-order valence-corrected chi connectivity index (χ0v) is 15.8. The molecule has 11 nitrogen and oxygen atoms in total. The number of primary sulfonamides is 1. The number of pyridine rings is 1. The second-order valence-electron chi connectivity index (χ2n) is 5.16. The lowest BCUT2D eigenvalue weighted by Gasteiger charge is -2.12. The van der Waals surface area contributed by atoms with Crippen LogP contribution in [-0.4, -0.2) is 62.6 Å². The van der Waals surface area contributed by atoms with Crippen molar-refractivity contribution >= 4 is 26.0 Å². The van der Waals surface area contributed by atoms with Crippen LogP contribution in [0.15, 0.2) is 34.4 Å². The van der Waals surface area contributed by atoms with Crippen LogP contribution in [0.1, 0.15) is 17.3 Å². The summed E-state index contributed by atoms with van der Waals surface area (Å²) < 4.78 is 54.9. The molecule has 0 bridgehead atoms. The summed E-state index contributed by atoms with van der Waals surface area (Å²) in [6.45, 7) is 1.57. The molecule has 13 heteroatoms. The largest absolute Gasteiger partial charge is 0.462 e. The lowest BCUT2D eigenvalue weighted by molar-refractivity contribution is 0.0521. The highest BCUT2D eigenvalue weighted by Crippen LogP contribution is 2.20. The van der Waals surface area contributed by atoms with Crippen molar-refractivity contribution in [2.75, 3.05) is 20.7 Å². The quantitative estimate of drug-likeness (QED) is 0.623. The lowest BCUT2D eigenvalue weighted by atomic mass is 10.4. The van der Waals surface area contributed by atoms with E-state index in [9.17, 15) is 21.6 Å². The minimum Gasteiger partial charge on any atom is -0.462 e. The molecule has 2 aromatic heterocycles. The van der Waals surface area contributed by atoms with Crippen LogP contribution < -0.4 is 5.14 Å². The summed E-state index contributed by atoms with van der Waals surface area (Å²) in [4.78, 5) is 15.9. The SMILES string of the molecule is CCOC(=O)c1cnn(-c2cccc(S(=O)(=O)N(C)C)n2)c1S(N)(=O)=O. The van der Waals surface area contributed by atoms with Gasteiger partial charge in [-0.2, -0.15) is 5.10 Å². The fourth-order valence-corrected chi connectivity index (χ4v) is 3.63. The van der Waals surface area contributed by atoms with Crippen molar-refractivity contribution in [2.45, 2.75) is 17.0 Å². The highest BCUT2D eigenvalue weighted by molar-refractivity contribution is 7.89. The molecule has 0 amide bonds. The van der Waals surface area contributed by atoms with E-state index in [0.29, 0.717) is 0 Å². The Bertz CT molecular complexity index is 1040. The third-order valence-electron chi connectivity index (χ3n) is 3.16. The molecule has 2 rings (SSSR count). The second-order valence-corrected chi connectivity index (χ2v) is 8.74. The van der Waals surface area contributed by atoms with Crippen LogP contribution >= 0.6 is 0 Å². The molecule has 142 valence electrons. The van der Waals surface area contributed by atoms with Crippen molar-refractivity contribution in [1.29, 1.82) is 0 Å². The number of esters is 1. The molecular weight excluding hydrogens is 386 g/mol. The Labute approximate surface area is 150 Å². The number of aromatic nitrogens is 3. The second kappa shape index (κ2) is 7.11. The number of hydrogen-bond donors (Lipinski definition) is 1. The molecule has 0 spiro atoms. The molecule has 0 atom stereocenters. The fourth-order valence-electron chi connectivity index (χ4n) is 1.98. The zero-order chi connectivity index (χ0) is 19.7. The number of carbonyl (C=O) groups is 1. The summed E-state index contributed by atoms with van der Waals surface area (Å²) in [5, 5.41) is 8.03. The Balaban J connectivity index is 2.69. The van der Waals surface area contributed by atoms with Crippen LogP contribution in [0, 0.1) is 0 Å². The average Bonchev–Trinajstić information content (AvgIpc) is 3.00. The normalized spacial score (nSPS) is 12.3. The predicted octanol–water partition coefficient (Wildman–Crippen LogP) is -0.658. The molecule has 2 heterocycles. The molecule has 0 unspecified atom stereocenters. The molecule has 0 saturated carbocycles. The van der Waals surface area contributed by atoms with Gasteiger partial charge in [0, 0.05) is 14.1 Å². The van der Waals surface area contributed by atoms with Gasteiger partial charge in [-0.25, -0.2) is 40.7 Å². The highest BCUT2D eigenvalue weighted by atomic mass is 32.2. The Morgan fingerprint density at radius 1 is 1.27 bits per heavy atom. The van der Waals surface area contributed by atoms with Crippen LogP contribution in [0.2, 0.25) is 0 Å². The Morgan fingerprint density at radius 2 is 1.92 bits per heavy atom. The van der Waals surface area contributed by atoms with E-state index < -0.39 is 31.0 Å². The molecule has 0 aliphatic rings. The van der Waals surface area contributed by atoms with Gasteiger partial charge in [-0.15, -0.1) is 0 Å². The first kappa shape index (κ1) is 20.0. The van der Waals surface area contributed by atoms with Crippen molar-refractivity contribution < 1.29 is 26.4 Å². The van der Waals surface area contributed by atoms with Gasteiger partial charge in [-0.05, 0) is 19.1 Å². The Kier molecular flexibility index (Phi) is 5.46. The average molecular weight is 403 g/mol. The van der Waals surface area contributed by atoms with E-state index in [2.05, 4.69) is 10.1 Å². The van der Waals surface area contributed by atoms with E-state index in [1.54, 1.807) is 6.92 Å². The zero-order valence-electron chi connectivity index (χ0n) is 14.1. The van der Waals surface area contributed by atoms with Gasteiger partial charge >= 0.3 is 5.97 Å². The Morgan fingerprint density at radius 3 is 2.46 bits per heavy atom. The number of rotatable bonds is 6. The standard InChI is InChI=1S/C13H17N5O6S2/c1-4-24-13(19)9-8-15-18(12(9)25(14,20)21)10-6-5-7-11(16-10)26(22,23)17(2)3/h5-8H,4H2,1-3H3,(H2,14,20,21).